The second-order valence-corrected chi connectivity index (χ2v) is 8.32. The van der Waals surface area contributed by atoms with Crippen molar-refractivity contribution in [2.45, 2.75) is 4.90 Å². The number of nitrogens with zero attached hydrogens (tertiary/aromatic N) is 1. The molecule has 0 spiro atoms. The molecule has 3 rings (SSSR count). The second kappa shape index (κ2) is 7.99. The van der Waals surface area contributed by atoms with Crippen LogP contribution in [-0.4, -0.2) is 58.4 Å². The second-order valence-electron chi connectivity index (χ2n) is 6.17. The number of hydrogen-bond acceptors (Lipinski definition) is 7. The molecule has 0 N–H and O–H groups in total. The fourth-order valence-corrected chi connectivity index (χ4v) is 3.39. The van der Waals surface area contributed by atoms with Crippen LogP contribution >= 0.6 is 0 Å². The number of esters is 1. The monoisotopic (exact) mass is 405 g/mol. The molecule has 8 nitrogen and oxygen atoms in total. The van der Waals surface area contributed by atoms with Crippen molar-refractivity contribution in [1.29, 1.82) is 0 Å². The van der Waals surface area contributed by atoms with E-state index in [1.807, 2.05) is 0 Å². The summed E-state index contributed by atoms with van der Waals surface area (Å²) in [7, 11) is -0.748. The highest BCUT2D eigenvalue weighted by atomic mass is 32.2. The molecule has 0 saturated carbocycles. The summed E-state index contributed by atoms with van der Waals surface area (Å²) in [4.78, 5) is 24.5. The lowest BCUT2D eigenvalue weighted by Gasteiger charge is -2.18. The number of ether oxygens (including phenoxy) is 3. The third kappa shape index (κ3) is 4.15. The van der Waals surface area contributed by atoms with E-state index in [1.165, 1.54) is 38.4 Å². The van der Waals surface area contributed by atoms with E-state index in [-0.39, 0.29) is 10.5 Å². The van der Waals surface area contributed by atoms with Crippen LogP contribution in [0, 0.1) is 0 Å². The molecular weight excluding hydrogens is 386 g/mol. The van der Waals surface area contributed by atoms with Gasteiger partial charge in [-0.25, -0.2) is 17.5 Å². The zero-order chi connectivity index (χ0) is 20.3. The number of ketones is 1. The highest BCUT2D eigenvalue weighted by Gasteiger charge is 2.19. The van der Waals surface area contributed by atoms with E-state index in [0.29, 0.717) is 30.3 Å². The first-order valence-electron chi connectivity index (χ1n) is 8.41. The highest BCUT2D eigenvalue weighted by molar-refractivity contribution is 7.89. The number of hydrogen-bond donors (Lipinski definition) is 0. The molecule has 0 fully saturated rings. The van der Waals surface area contributed by atoms with Gasteiger partial charge < -0.3 is 14.2 Å². The smallest absolute Gasteiger partial charge is 0.338 e. The molecule has 0 aliphatic carbocycles. The minimum Gasteiger partial charge on any atom is -0.486 e. The van der Waals surface area contributed by atoms with Crippen molar-refractivity contribution in [2.24, 2.45) is 0 Å². The maximum atomic E-state index is 12.3. The third-order valence-corrected chi connectivity index (χ3v) is 5.90. The molecule has 148 valence electrons. The van der Waals surface area contributed by atoms with Gasteiger partial charge in [0.05, 0.1) is 10.5 Å². The molecule has 0 atom stereocenters. The van der Waals surface area contributed by atoms with Crippen molar-refractivity contribution in [3.63, 3.8) is 0 Å². The normalized spacial score (nSPS) is 13.2. The molecule has 28 heavy (non-hydrogen) atoms. The fraction of sp³-hybridized carbons (Fsp3) is 0.263. The number of carbonyl (C=O) groups excluding carboxylic acids is 2. The molecule has 1 aliphatic rings. The zero-order valence-corrected chi connectivity index (χ0v) is 16.2. The average Bonchev–Trinajstić information content (AvgIpc) is 2.71. The first-order chi connectivity index (χ1) is 13.3. The Balaban J connectivity index is 1.63. The number of sulfonamides is 1. The van der Waals surface area contributed by atoms with Gasteiger partial charge in [0.1, 0.15) is 13.2 Å². The van der Waals surface area contributed by atoms with Gasteiger partial charge >= 0.3 is 5.97 Å². The van der Waals surface area contributed by atoms with Crippen molar-refractivity contribution < 1.29 is 32.2 Å². The number of benzene rings is 2. The van der Waals surface area contributed by atoms with E-state index in [9.17, 15) is 18.0 Å². The average molecular weight is 405 g/mol. The summed E-state index contributed by atoms with van der Waals surface area (Å²) in [6.45, 7) is 0.405. The lowest BCUT2D eigenvalue weighted by Crippen LogP contribution is -2.22. The van der Waals surface area contributed by atoms with Gasteiger partial charge in [0, 0.05) is 19.7 Å². The van der Waals surface area contributed by atoms with Gasteiger partial charge in [-0.15, -0.1) is 0 Å². The van der Waals surface area contributed by atoms with Crippen LogP contribution in [-0.2, 0) is 14.8 Å². The zero-order valence-electron chi connectivity index (χ0n) is 15.4. The molecule has 0 radical (unpaired) electrons. The Morgan fingerprint density at radius 1 is 0.964 bits per heavy atom. The number of fused-ring (bicyclic) bond motifs is 1. The van der Waals surface area contributed by atoms with Gasteiger partial charge in [0.15, 0.2) is 23.9 Å². The molecule has 0 bridgehead atoms. The van der Waals surface area contributed by atoms with Crippen LogP contribution in [0.4, 0.5) is 0 Å². The number of Topliss-reactive ketones (excluding diaryl/α,β-unsaturated/α-hetero) is 1. The van der Waals surface area contributed by atoms with Crippen LogP contribution in [0.3, 0.4) is 0 Å². The van der Waals surface area contributed by atoms with Crippen molar-refractivity contribution in [2.75, 3.05) is 33.9 Å². The Labute approximate surface area is 162 Å². The fourth-order valence-electron chi connectivity index (χ4n) is 2.49. The third-order valence-electron chi connectivity index (χ3n) is 4.07. The Hall–Kier alpha value is -2.91. The molecule has 9 heteroatoms. The minimum absolute atomic E-state index is 0.0569. The lowest BCUT2D eigenvalue weighted by atomic mass is 10.1. The lowest BCUT2D eigenvalue weighted by molar-refractivity contribution is 0.0474. The quantitative estimate of drug-likeness (QED) is 0.533. The van der Waals surface area contributed by atoms with Gasteiger partial charge in [0.2, 0.25) is 10.0 Å². The summed E-state index contributed by atoms with van der Waals surface area (Å²) in [6.07, 6.45) is 0. The van der Waals surface area contributed by atoms with Gasteiger partial charge in [-0.05, 0) is 42.5 Å². The van der Waals surface area contributed by atoms with Crippen LogP contribution < -0.4 is 9.47 Å². The van der Waals surface area contributed by atoms with Crippen LogP contribution in [0.15, 0.2) is 47.4 Å². The Kier molecular flexibility index (Phi) is 5.66. The van der Waals surface area contributed by atoms with Crippen LogP contribution in [0.5, 0.6) is 11.5 Å². The largest absolute Gasteiger partial charge is 0.486 e. The summed E-state index contributed by atoms with van der Waals surface area (Å²) in [5, 5.41) is 0. The van der Waals surface area contributed by atoms with Gasteiger partial charge in [-0.2, -0.15) is 0 Å². The van der Waals surface area contributed by atoms with Crippen molar-refractivity contribution in [1.82, 2.24) is 4.31 Å². The van der Waals surface area contributed by atoms with E-state index >= 15 is 0 Å². The van der Waals surface area contributed by atoms with Crippen LogP contribution in [0.2, 0.25) is 0 Å². The predicted octanol–water partition coefficient (Wildman–Crippen LogP) is 1.75. The van der Waals surface area contributed by atoms with Gasteiger partial charge in [0.25, 0.3) is 0 Å². The van der Waals surface area contributed by atoms with Crippen molar-refractivity contribution in [3.05, 3.63) is 53.6 Å². The van der Waals surface area contributed by atoms with E-state index in [0.717, 1.165) is 4.31 Å². The predicted molar refractivity (Wildman–Crippen MR) is 99.4 cm³/mol. The number of rotatable bonds is 6. The highest BCUT2D eigenvalue weighted by Crippen LogP contribution is 2.30. The Morgan fingerprint density at radius 2 is 1.57 bits per heavy atom. The Bertz CT molecular complexity index is 997. The topological polar surface area (TPSA) is 99.2 Å². The SMILES string of the molecule is CN(C)S(=O)(=O)c1ccc(C(=O)OCC(=O)c2ccc3c(c2)OCCO3)cc1. The standard InChI is InChI=1S/C19H19NO7S/c1-20(2)28(23,24)15-6-3-13(4-7-15)19(22)27-12-16(21)14-5-8-17-18(11-14)26-10-9-25-17/h3-8,11H,9-10,12H2,1-2H3. The first kappa shape index (κ1) is 19.8. The van der Waals surface area contributed by atoms with E-state index in [2.05, 4.69) is 0 Å². The molecule has 1 heterocycles. The summed E-state index contributed by atoms with van der Waals surface area (Å²) < 4.78 is 41.0. The minimum atomic E-state index is -3.58. The van der Waals surface area contributed by atoms with Crippen molar-refractivity contribution >= 4 is 21.8 Å². The van der Waals surface area contributed by atoms with E-state index < -0.39 is 28.4 Å². The molecule has 0 saturated heterocycles. The summed E-state index contributed by atoms with van der Waals surface area (Å²) in [5.74, 6) is -0.0782. The molecule has 0 amide bonds. The number of carbonyl (C=O) groups is 2. The van der Waals surface area contributed by atoms with Gasteiger partial charge in [-0.1, -0.05) is 0 Å². The molecule has 0 aromatic heterocycles. The molecule has 0 unspecified atom stereocenters. The maximum Gasteiger partial charge on any atom is 0.338 e. The van der Waals surface area contributed by atoms with E-state index in [4.69, 9.17) is 14.2 Å². The summed E-state index contributed by atoms with van der Waals surface area (Å²) in [5.41, 5.74) is 0.483. The van der Waals surface area contributed by atoms with Crippen LogP contribution in [0.1, 0.15) is 20.7 Å². The van der Waals surface area contributed by atoms with E-state index in [1.54, 1.807) is 18.2 Å². The van der Waals surface area contributed by atoms with Gasteiger partial charge in [-0.3, -0.25) is 4.79 Å². The van der Waals surface area contributed by atoms with Crippen LogP contribution in [0.25, 0.3) is 0 Å². The Morgan fingerprint density at radius 3 is 2.21 bits per heavy atom. The summed E-state index contributed by atoms with van der Waals surface area (Å²) >= 11 is 0. The molecule has 2 aromatic carbocycles. The van der Waals surface area contributed by atoms with Crippen molar-refractivity contribution in [3.8, 4) is 11.5 Å². The molecule has 1 aliphatic heterocycles. The molecular formula is C19H19NO7S. The summed E-state index contributed by atoms with van der Waals surface area (Å²) in [6, 6.07) is 10.1. The molecule has 2 aromatic rings. The maximum absolute atomic E-state index is 12.3. The first-order valence-corrected chi connectivity index (χ1v) is 9.85.